The van der Waals surface area contributed by atoms with Crippen LogP contribution in [0.4, 0.5) is 9.59 Å². The Morgan fingerprint density at radius 2 is 1.45 bits per heavy atom. The third kappa shape index (κ3) is 10.3. The van der Waals surface area contributed by atoms with E-state index in [0.717, 1.165) is 22.8 Å². The maximum atomic E-state index is 14.1. The lowest BCUT2D eigenvalue weighted by Gasteiger charge is -2.42. The molecule has 0 bridgehead atoms. The van der Waals surface area contributed by atoms with Gasteiger partial charge in [-0.15, -0.1) is 0 Å². The van der Waals surface area contributed by atoms with Gasteiger partial charge in [-0.25, -0.2) is 9.59 Å². The number of nitrogens with one attached hydrogen (secondary N) is 2. The number of rotatable bonds is 12. The second-order valence-electron chi connectivity index (χ2n) is 20.0. The Morgan fingerprint density at radius 1 is 0.795 bits per heavy atom. The van der Waals surface area contributed by atoms with Crippen molar-refractivity contribution in [3.8, 4) is 23.0 Å². The summed E-state index contributed by atoms with van der Waals surface area (Å²) in [4.78, 5) is 76.7. The number of hydrogen-bond donors (Lipinski definition) is 8. The molecule has 8 unspecified atom stereocenters. The van der Waals surface area contributed by atoms with E-state index in [1.165, 1.54) is 44.4 Å². The fourth-order valence-corrected chi connectivity index (χ4v) is 11.3. The first kappa shape index (κ1) is 53.4. The van der Waals surface area contributed by atoms with E-state index >= 15 is 0 Å². The van der Waals surface area contributed by atoms with E-state index in [-0.39, 0.29) is 58.6 Å². The summed E-state index contributed by atoms with van der Waals surface area (Å²) in [5, 5.41) is 71.1. The molecule has 10 rings (SSSR count). The van der Waals surface area contributed by atoms with E-state index in [0.29, 0.717) is 31.2 Å². The molecule has 0 spiro atoms. The van der Waals surface area contributed by atoms with Gasteiger partial charge < -0.3 is 65.6 Å². The van der Waals surface area contributed by atoms with E-state index in [9.17, 15) is 49.5 Å². The van der Waals surface area contributed by atoms with Crippen LogP contribution >= 0.6 is 0 Å². The number of aromatic hydroxyl groups is 2. The number of aliphatic hydroxyl groups excluding tert-OH is 2. The molecular weight excluding hydrogens is 1010 g/mol. The number of pyridine rings is 2. The Morgan fingerprint density at radius 3 is 2.09 bits per heavy atom. The highest BCUT2D eigenvalue weighted by molar-refractivity contribution is 6.31. The Bertz CT molecular complexity index is 3210. The zero-order valence-electron chi connectivity index (χ0n) is 42.4. The molecule has 3 aliphatic carbocycles. The molecule has 3 aromatic carbocycles. The van der Waals surface area contributed by atoms with E-state index in [1.807, 2.05) is 36.4 Å². The molecule has 22 heteroatoms. The predicted octanol–water partition coefficient (Wildman–Crippen LogP) is 4.26. The van der Waals surface area contributed by atoms with E-state index < -0.39 is 120 Å². The van der Waals surface area contributed by atoms with Gasteiger partial charge >= 0.3 is 12.2 Å². The van der Waals surface area contributed by atoms with Crippen molar-refractivity contribution in [2.75, 3.05) is 13.7 Å². The normalized spacial score (nSPS) is 26.5. The molecule has 78 heavy (non-hydrogen) atoms. The summed E-state index contributed by atoms with van der Waals surface area (Å²) in [6.07, 6.45) is -2.46. The van der Waals surface area contributed by atoms with E-state index in [1.54, 1.807) is 24.5 Å². The molecule has 1 saturated carbocycles. The number of nitrogens with zero attached hydrogens (tertiary/aromatic N) is 4. The lowest BCUT2D eigenvalue weighted by atomic mass is 9.72. The van der Waals surface area contributed by atoms with Crippen LogP contribution in [0.5, 0.6) is 23.0 Å². The minimum Gasteiger partial charge on any atom is -0.507 e. The molecule has 9 N–H and O–H groups in total. The van der Waals surface area contributed by atoms with Gasteiger partial charge in [-0.3, -0.25) is 24.4 Å². The molecule has 4 heterocycles. The number of phenols is 2. The molecule has 10 atom stereocenters. The lowest BCUT2D eigenvalue weighted by Crippen LogP contribution is -2.56. The van der Waals surface area contributed by atoms with Gasteiger partial charge in [0.1, 0.15) is 47.9 Å². The number of carbonyl (C=O) groups is 5. The summed E-state index contributed by atoms with van der Waals surface area (Å²) in [5.41, 5.74) is 6.04. The van der Waals surface area contributed by atoms with Crippen molar-refractivity contribution < 1.29 is 73.2 Å². The molecule has 22 nitrogen and oxygen atoms in total. The van der Waals surface area contributed by atoms with Gasteiger partial charge in [0.2, 0.25) is 5.78 Å². The average molecular weight is 1070 g/mol. The largest absolute Gasteiger partial charge is 0.507 e. The zero-order valence-corrected chi connectivity index (χ0v) is 42.4. The van der Waals surface area contributed by atoms with Crippen LogP contribution in [0.15, 0.2) is 101 Å². The van der Waals surface area contributed by atoms with Gasteiger partial charge in [0.15, 0.2) is 17.9 Å². The monoisotopic (exact) mass is 1070 g/mol. The first-order valence-corrected chi connectivity index (χ1v) is 25.5. The number of aromatic nitrogens is 2. The Hall–Kier alpha value is -7.99. The first-order chi connectivity index (χ1) is 37.6. The van der Waals surface area contributed by atoms with Gasteiger partial charge in [0, 0.05) is 72.3 Å². The van der Waals surface area contributed by atoms with E-state index in [4.69, 9.17) is 29.4 Å². The second-order valence-corrected chi connectivity index (χ2v) is 20.0. The summed E-state index contributed by atoms with van der Waals surface area (Å²) in [6, 6.07) is 20.0. The number of nitrogens with two attached hydrogens (primary N) is 1. The van der Waals surface area contributed by atoms with Crippen molar-refractivity contribution in [3.05, 3.63) is 142 Å². The van der Waals surface area contributed by atoms with Crippen molar-refractivity contribution in [3.63, 3.8) is 0 Å². The number of methoxy groups -OCH3 is 1. The van der Waals surface area contributed by atoms with Gasteiger partial charge in [0.25, 0.3) is 0 Å². The van der Waals surface area contributed by atoms with Crippen LogP contribution in [0.2, 0.25) is 0 Å². The number of aliphatic hydroxyl groups is 3. The SMILES string of the molecule is COc1cccc2c1C(=O)c1c(O)c3c(c(O)c1C2=O)C[C@@](O)(C(=O)CO)C[C@@H]3OC1CC(NC(=O)OCc2ccc(OC(=O)NC3CCC4C(c5ccccn5)=NN=C(c5ccccn5)C4CCC3N)cc2)C(O)C(C)O1. The topological polar surface area (TPSA) is 333 Å². The van der Waals surface area contributed by atoms with Crippen molar-refractivity contribution >= 4 is 41.0 Å². The predicted molar refractivity (Wildman–Crippen MR) is 275 cm³/mol. The van der Waals surface area contributed by atoms with Crippen molar-refractivity contribution in [2.24, 2.45) is 27.8 Å². The minimum atomic E-state index is -2.39. The van der Waals surface area contributed by atoms with Crippen LogP contribution in [-0.2, 0) is 32.0 Å². The number of ketones is 3. The maximum absolute atomic E-state index is 14.1. The van der Waals surface area contributed by atoms with Crippen LogP contribution in [0.25, 0.3) is 0 Å². The molecular formula is C56H57N7O15. The number of alkyl carbamates (subject to hydrolysis) is 1. The van der Waals surface area contributed by atoms with Crippen LogP contribution < -0.4 is 25.8 Å². The molecule has 2 amide bonds. The average Bonchev–Trinajstić information content (AvgIpc) is 3.58. The summed E-state index contributed by atoms with van der Waals surface area (Å²) in [7, 11) is 1.30. The van der Waals surface area contributed by atoms with Crippen molar-refractivity contribution in [2.45, 2.75) is 107 Å². The molecule has 1 saturated heterocycles. The van der Waals surface area contributed by atoms with Gasteiger partial charge in [-0.1, -0.05) is 36.4 Å². The highest BCUT2D eigenvalue weighted by Crippen LogP contribution is 2.53. The molecule has 5 aromatic rings. The number of benzene rings is 3. The van der Waals surface area contributed by atoms with Gasteiger partial charge in [-0.2, -0.15) is 10.2 Å². The number of fused-ring (bicyclic) bond motifs is 4. The quantitative estimate of drug-likeness (QED) is 0.0794. The number of amides is 2. The van der Waals surface area contributed by atoms with Crippen molar-refractivity contribution in [1.29, 1.82) is 0 Å². The summed E-state index contributed by atoms with van der Waals surface area (Å²) in [5.74, 6) is -4.09. The highest BCUT2D eigenvalue weighted by atomic mass is 16.7. The molecule has 2 aliphatic heterocycles. The maximum Gasteiger partial charge on any atom is 0.412 e. The summed E-state index contributed by atoms with van der Waals surface area (Å²) in [6.45, 7) is 0.161. The molecule has 406 valence electrons. The number of phenolic OH excluding ortho intramolecular Hbond substituents is 2. The summed E-state index contributed by atoms with van der Waals surface area (Å²) >= 11 is 0. The standard InChI is InChI=1S/C56H57N7O15/c1-27-49(66)38(22-42(76-27)78-40-24-56(73,41(65)25-64)23-33-44(40)53(70)46-45(51(33)68)50(67)32-8-7-11-39(74-2)43(32)52(46)69)61-54(71)75-26-28-12-14-29(15-13-28)77-55(72)60-35-19-17-31-30(16-18-34(35)57)47(36-9-3-5-20-58-36)62-63-48(31)37-10-4-6-21-59-37/h3-15,20-21,27,30-31,34-35,38,40,42,49,64,66,68,70,73H,16-19,22-26,57H2,1-2H3,(H,60,72)(H,61,71)/t27?,30?,31?,34?,35?,38?,40-,42?,49?,56-/m0/s1. The van der Waals surface area contributed by atoms with E-state index in [2.05, 4.69) is 30.8 Å². The van der Waals surface area contributed by atoms with Crippen molar-refractivity contribution in [1.82, 2.24) is 20.6 Å². The Balaban J connectivity index is 0.764. The fourth-order valence-electron chi connectivity index (χ4n) is 11.3. The lowest BCUT2D eigenvalue weighted by molar-refractivity contribution is -0.249. The third-order valence-corrected chi connectivity index (χ3v) is 15.3. The highest BCUT2D eigenvalue weighted by Gasteiger charge is 2.51. The number of Topliss-reactive ketones (excluding diaryl/α,β-unsaturated/α-hetero) is 1. The van der Waals surface area contributed by atoms with Crippen LogP contribution in [0, 0.1) is 11.8 Å². The summed E-state index contributed by atoms with van der Waals surface area (Å²) < 4.78 is 28.7. The Labute approximate surface area is 446 Å². The number of ether oxygens (including phenoxy) is 5. The van der Waals surface area contributed by atoms with Crippen LogP contribution in [0.1, 0.15) is 111 Å². The number of hydrogen-bond acceptors (Lipinski definition) is 20. The van der Waals surface area contributed by atoms with Gasteiger partial charge in [-0.05, 0) is 80.6 Å². The molecule has 5 aliphatic rings. The fraction of sp³-hybridized carbons (Fsp3) is 0.375. The third-order valence-electron chi connectivity index (χ3n) is 15.3. The Kier molecular flexibility index (Phi) is 15.2. The van der Waals surface area contributed by atoms with Crippen LogP contribution in [-0.4, -0.2) is 132 Å². The molecule has 0 radical (unpaired) electrons. The minimum absolute atomic E-state index is 0.0195. The smallest absolute Gasteiger partial charge is 0.412 e. The molecule has 2 fully saturated rings. The zero-order chi connectivity index (χ0) is 55.0. The first-order valence-electron chi connectivity index (χ1n) is 25.5. The van der Waals surface area contributed by atoms with Crippen LogP contribution in [0.3, 0.4) is 0 Å². The van der Waals surface area contributed by atoms with Gasteiger partial charge in [0.05, 0.1) is 64.9 Å². The molecule has 2 aromatic heterocycles. The number of carbonyl (C=O) groups excluding carboxylic acids is 5. The second kappa shape index (κ2) is 22.2.